The van der Waals surface area contributed by atoms with Gasteiger partial charge in [-0.2, -0.15) is 0 Å². The van der Waals surface area contributed by atoms with Crippen molar-refractivity contribution in [2.75, 3.05) is 13.7 Å². The highest BCUT2D eigenvalue weighted by atomic mass is 16.7. The van der Waals surface area contributed by atoms with Crippen LogP contribution < -0.4 is 9.47 Å². The molecule has 0 saturated carbocycles. The van der Waals surface area contributed by atoms with E-state index in [1.54, 1.807) is 38.3 Å². The zero-order valence-electron chi connectivity index (χ0n) is 17.1. The van der Waals surface area contributed by atoms with Crippen LogP contribution in [0, 0.1) is 5.92 Å². The van der Waals surface area contributed by atoms with E-state index in [2.05, 4.69) is 0 Å². The van der Waals surface area contributed by atoms with Crippen LogP contribution in [-0.4, -0.2) is 56.2 Å². The van der Waals surface area contributed by atoms with Crippen molar-refractivity contribution in [3.05, 3.63) is 24.3 Å². The van der Waals surface area contributed by atoms with Crippen LogP contribution >= 0.6 is 0 Å². The fraction of sp³-hybridized carbons (Fsp3) is 0.550. The van der Waals surface area contributed by atoms with Gasteiger partial charge in [0.15, 0.2) is 6.10 Å². The van der Waals surface area contributed by atoms with Crippen LogP contribution in [0.5, 0.6) is 11.5 Å². The van der Waals surface area contributed by atoms with Crippen molar-refractivity contribution in [3.63, 3.8) is 0 Å². The van der Waals surface area contributed by atoms with Crippen molar-refractivity contribution in [1.29, 1.82) is 0 Å². The standard InChI is InChI=1S/C20H26O9/c1-11-18(26-13(3)22)19(27-14(4)23)17(10-25-12(2)21)29-20(11)28-16-8-6-15(24-5)7-9-16/h6-9,11,17-20H,10H2,1-5H3/t11-,17-,18-,19-,20-/m1/s1. The van der Waals surface area contributed by atoms with E-state index < -0.39 is 48.4 Å². The molecule has 29 heavy (non-hydrogen) atoms. The summed E-state index contributed by atoms with van der Waals surface area (Å²) >= 11 is 0. The van der Waals surface area contributed by atoms with Crippen molar-refractivity contribution in [3.8, 4) is 11.5 Å². The Balaban J connectivity index is 2.27. The Labute approximate surface area is 169 Å². The first-order valence-corrected chi connectivity index (χ1v) is 9.15. The SMILES string of the molecule is COc1ccc(O[C@@H]2O[C@H](COC(C)=O)[C@@H](OC(C)=O)[C@H](OC(C)=O)[C@H]2C)cc1. The first-order valence-electron chi connectivity index (χ1n) is 9.15. The van der Waals surface area contributed by atoms with E-state index in [-0.39, 0.29) is 6.61 Å². The lowest BCUT2D eigenvalue weighted by atomic mass is 9.92. The quantitative estimate of drug-likeness (QED) is 0.492. The van der Waals surface area contributed by atoms with Crippen LogP contribution in [0.3, 0.4) is 0 Å². The van der Waals surface area contributed by atoms with Crippen molar-refractivity contribution in [1.82, 2.24) is 0 Å². The monoisotopic (exact) mass is 410 g/mol. The zero-order valence-corrected chi connectivity index (χ0v) is 17.1. The van der Waals surface area contributed by atoms with E-state index in [1.807, 2.05) is 0 Å². The zero-order chi connectivity index (χ0) is 21.6. The predicted octanol–water partition coefficient (Wildman–Crippen LogP) is 1.86. The molecule has 1 aliphatic heterocycles. The highest BCUT2D eigenvalue weighted by molar-refractivity contribution is 5.67. The van der Waals surface area contributed by atoms with E-state index >= 15 is 0 Å². The molecule has 1 heterocycles. The molecule has 0 spiro atoms. The summed E-state index contributed by atoms with van der Waals surface area (Å²) in [5.41, 5.74) is 0. The molecule has 2 rings (SSSR count). The second kappa shape index (κ2) is 10.1. The summed E-state index contributed by atoms with van der Waals surface area (Å²) in [6.45, 7) is 5.30. The fourth-order valence-corrected chi connectivity index (χ4v) is 3.00. The Bertz CT molecular complexity index is 715. The van der Waals surface area contributed by atoms with Gasteiger partial charge in [-0.15, -0.1) is 0 Å². The van der Waals surface area contributed by atoms with Gasteiger partial charge in [0.25, 0.3) is 0 Å². The van der Waals surface area contributed by atoms with Gasteiger partial charge in [0.1, 0.15) is 30.3 Å². The van der Waals surface area contributed by atoms with E-state index in [0.717, 1.165) is 0 Å². The molecule has 0 aliphatic carbocycles. The predicted molar refractivity (Wildman–Crippen MR) is 99.2 cm³/mol. The second-order valence-electron chi connectivity index (χ2n) is 6.65. The Morgan fingerprint density at radius 2 is 1.45 bits per heavy atom. The van der Waals surface area contributed by atoms with Crippen molar-refractivity contribution < 1.29 is 42.8 Å². The molecule has 0 N–H and O–H groups in total. The van der Waals surface area contributed by atoms with Gasteiger partial charge in [-0.05, 0) is 24.3 Å². The molecule has 0 aromatic heterocycles. The molecule has 0 unspecified atom stereocenters. The molecule has 1 aliphatic rings. The van der Waals surface area contributed by atoms with Crippen LogP contribution in [0.15, 0.2) is 24.3 Å². The van der Waals surface area contributed by atoms with Crippen molar-refractivity contribution >= 4 is 17.9 Å². The Morgan fingerprint density at radius 1 is 0.897 bits per heavy atom. The minimum absolute atomic E-state index is 0.194. The lowest BCUT2D eigenvalue weighted by molar-refractivity contribution is -0.267. The fourth-order valence-electron chi connectivity index (χ4n) is 3.00. The van der Waals surface area contributed by atoms with Gasteiger partial charge in [-0.3, -0.25) is 14.4 Å². The van der Waals surface area contributed by atoms with Crippen LogP contribution in [0.2, 0.25) is 0 Å². The number of rotatable bonds is 7. The largest absolute Gasteiger partial charge is 0.497 e. The van der Waals surface area contributed by atoms with Gasteiger partial charge in [0, 0.05) is 20.8 Å². The first kappa shape index (κ1) is 22.5. The van der Waals surface area contributed by atoms with E-state index in [1.165, 1.54) is 20.8 Å². The molecule has 9 heteroatoms. The summed E-state index contributed by atoms with van der Waals surface area (Å²) in [5, 5.41) is 0. The molecule has 5 atom stereocenters. The normalized spacial score (nSPS) is 26.2. The maximum Gasteiger partial charge on any atom is 0.303 e. The molecular weight excluding hydrogens is 384 g/mol. The second-order valence-corrected chi connectivity index (χ2v) is 6.65. The molecule has 1 aromatic rings. The lowest BCUT2D eigenvalue weighted by Crippen LogP contribution is -2.59. The Morgan fingerprint density at radius 3 is 1.97 bits per heavy atom. The Hall–Kier alpha value is -2.81. The van der Waals surface area contributed by atoms with Gasteiger partial charge in [-0.1, -0.05) is 6.92 Å². The summed E-state index contributed by atoms with van der Waals surface area (Å²) in [6.07, 6.45) is -3.54. The maximum atomic E-state index is 11.7. The van der Waals surface area contributed by atoms with Crippen molar-refractivity contribution in [2.24, 2.45) is 5.92 Å². The summed E-state index contributed by atoms with van der Waals surface area (Å²) in [4.78, 5) is 34.5. The molecular formula is C20H26O9. The topological polar surface area (TPSA) is 107 Å². The average Bonchev–Trinajstić information content (AvgIpc) is 2.65. The minimum Gasteiger partial charge on any atom is -0.497 e. The number of carbonyl (C=O) groups excluding carboxylic acids is 3. The van der Waals surface area contributed by atoms with E-state index in [9.17, 15) is 14.4 Å². The number of benzene rings is 1. The third kappa shape index (κ3) is 6.35. The van der Waals surface area contributed by atoms with Crippen LogP contribution in [0.1, 0.15) is 27.7 Å². The first-order chi connectivity index (χ1) is 13.7. The van der Waals surface area contributed by atoms with E-state index in [4.69, 9.17) is 28.4 Å². The molecule has 1 fully saturated rings. The smallest absolute Gasteiger partial charge is 0.303 e. The van der Waals surface area contributed by atoms with Gasteiger partial charge in [0.2, 0.25) is 6.29 Å². The highest BCUT2D eigenvalue weighted by Gasteiger charge is 2.49. The highest BCUT2D eigenvalue weighted by Crippen LogP contribution is 2.33. The molecule has 160 valence electrons. The number of hydrogen-bond donors (Lipinski definition) is 0. The number of carbonyl (C=O) groups is 3. The van der Waals surface area contributed by atoms with Gasteiger partial charge >= 0.3 is 17.9 Å². The third-order valence-corrected chi connectivity index (χ3v) is 4.31. The molecule has 0 amide bonds. The summed E-state index contributed by atoms with van der Waals surface area (Å²) in [6, 6.07) is 6.86. The minimum atomic E-state index is -0.957. The Kier molecular flexibility index (Phi) is 7.83. The number of ether oxygens (including phenoxy) is 6. The molecule has 0 radical (unpaired) electrons. The van der Waals surface area contributed by atoms with Crippen LogP contribution in [-0.2, 0) is 33.3 Å². The van der Waals surface area contributed by atoms with Gasteiger partial charge in [0.05, 0.1) is 13.0 Å². The maximum absolute atomic E-state index is 11.7. The lowest BCUT2D eigenvalue weighted by Gasteiger charge is -2.43. The van der Waals surface area contributed by atoms with Crippen LogP contribution in [0.25, 0.3) is 0 Å². The number of methoxy groups -OCH3 is 1. The molecule has 0 bridgehead atoms. The summed E-state index contributed by atoms with van der Waals surface area (Å²) < 4.78 is 32.8. The van der Waals surface area contributed by atoms with Gasteiger partial charge in [-0.25, -0.2) is 0 Å². The van der Waals surface area contributed by atoms with Crippen molar-refractivity contribution in [2.45, 2.75) is 52.3 Å². The molecule has 1 aromatic carbocycles. The summed E-state index contributed by atoms with van der Waals surface area (Å²) in [5.74, 6) is -0.971. The molecule has 9 nitrogen and oxygen atoms in total. The number of hydrogen-bond acceptors (Lipinski definition) is 9. The summed E-state index contributed by atoms with van der Waals surface area (Å²) in [7, 11) is 1.56. The molecule has 1 saturated heterocycles. The average molecular weight is 410 g/mol. The van der Waals surface area contributed by atoms with Crippen LogP contribution in [0.4, 0.5) is 0 Å². The van der Waals surface area contributed by atoms with E-state index in [0.29, 0.717) is 11.5 Å². The third-order valence-electron chi connectivity index (χ3n) is 4.31. The number of esters is 3. The van der Waals surface area contributed by atoms with Gasteiger partial charge < -0.3 is 28.4 Å².